The number of carbonyl (C=O) groups is 1. The van der Waals surface area contributed by atoms with Crippen molar-refractivity contribution < 1.29 is 4.79 Å². The molecule has 4 nitrogen and oxygen atoms in total. The minimum atomic E-state index is 0.153. The Morgan fingerprint density at radius 3 is 2.94 bits per heavy atom. The lowest BCUT2D eigenvalue weighted by molar-refractivity contribution is 0.183. The van der Waals surface area contributed by atoms with E-state index in [1.54, 1.807) is 0 Å². The van der Waals surface area contributed by atoms with Gasteiger partial charge in [0, 0.05) is 32.2 Å². The highest BCUT2D eigenvalue weighted by Crippen LogP contribution is 2.34. The normalized spacial score (nSPS) is 31.6. The summed E-state index contributed by atoms with van der Waals surface area (Å²) in [5.74, 6) is 1.36. The van der Waals surface area contributed by atoms with E-state index < -0.39 is 0 Å². The van der Waals surface area contributed by atoms with E-state index in [0.717, 1.165) is 45.4 Å². The van der Waals surface area contributed by atoms with Crippen LogP contribution in [0.3, 0.4) is 0 Å². The van der Waals surface area contributed by atoms with Crippen LogP contribution in [0.15, 0.2) is 0 Å². The number of nitrogens with one attached hydrogen (secondary N) is 2. The van der Waals surface area contributed by atoms with Crippen molar-refractivity contribution >= 4 is 6.03 Å². The number of amides is 2. The molecule has 2 saturated heterocycles. The smallest absolute Gasteiger partial charge is 0.317 e. The van der Waals surface area contributed by atoms with E-state index in [1.807, 2.05) is 0 Å². The molecule has 2 rings (SSSR count). The number of nitrogens with zero attached hydrogens (tertiary/aromatic N) is 1. The number of fused-ring (bicyclic) bond motifs is 1. The van der Waals surface area contributed by atoms with Gasteiger partial charge in [0.25, 0.3) is 0 Å². The molecule has 2 aliphatic rings. The number of urea groups is 1. The zero-order valence-electron chi connectivity index (χ0n) is 11.0. The summed E-state index contributed by atoms with van der Waals surface area (Å²) in [7, 11) is 0. The average molecular weight is 239 g/mol. The summed E-state index contributed by atoms with van der Waals surface area (Å²) in [6, 6.07) is 0.594. The SMILES string of the molecule is CCCCNC(=O)N1CC2CNCC2C1CC. The number of unbranched alkanes of at least 4 members (excludes halogenated alkanes) is 1. The van der Waals surface area contributed by atoms with Gasteiger partial charge in [-0.15, -0.1) is 0 Å². The molecular weight excluding hydrogens is 214 g/mol. The molecule has 0 spiro atoms. The number of likely N-dealkylation sites (tertiary alicyclic amines) is 1. The van der Waals surface area contributed by atoms with Crippen LogP contribution < -0.4 is 10.6 Å². The van der Waals surface area contributed by atoms with E-state index in [0.29, 0.717) is 17.9 Å². The first-order chi connectivity index (χ1) is 8.27. The fourth-order valence-corrected chi connectivity index (χ4v) is 3.25. The van der Waals surface area contributed by atoms with E-state index in [9.17, 15) is 4.79 Å². The van der Waals surface area contributed by atoms with Crippen molar-refractivity contribution in [3.05, 3.63) is 0 Å². The lowest BCUT2D eigenvalue weighted by atomic mass is 9.93. The second-order valence-electron chi connectivity index (χ2n) is 5.30. The average Bonchev–Trinajstić information content (AvgIpc) is 2.88. The van der Waals surface area contributed by atoms with Gasteiger partial charge in [-0.3, -0.25) is 0 Å². The van der Waals surface area contributed by atoms with E-state index in [-0.39, 0.29) is 6.03 Å². The standard InChI is InChI=1S/C13H25N3O/c1-3-5-6-15-13(17)16-9-10-7-14-8-11(10)12(16)4-2/h10-12,14H,3-9H2,1-2H3,(H,15,17). The maximum Gasteiger partial charge on any atom is 0.317 e. The third-order valence-corrected chi connectivity index (χ3v) is 4.20. The zero-order valence-corrected chi connectivity index (χ0v) is 11.0. The summed E-state index contributed by atoms with van der Waals surface area (Å²) >= 11 is 0. The highest BCUT2D eigenvalue weighted by Gasteiger charge is 2.44. The molecule has 2 N–H and O–H groups in total. The zero-order chi connectivity index (χ0) is 12.3. The third-order valence-electron chi connectivity index (χ3n) is 4.20. The summed E-state index contributed by atoms with van der Waals surface area (Å²) in [5.41, 5.74) is 0. The Morgan fingerprint density at radius 2 is 2.24 bits per heavy atom. The monoisotopic (exact) mass is 239 g/mol. The number of carbonyl (C=O) groups excluding carboxylic acids is 1. The molecule has 2 fully saturated rings. The molecule has 0 radical (unpaired) electrons. The van der Waals surface area contributed by atoms with Crippen molar-refractivity contribution in [1.29, 1.82) is 0 Å². The van der Waals surface area contributed by atoms with Crippen LogP contribution in [0.5, 0.6) is 0 Å². The molecule has 0 aromatic heterocycles. The van der Waals surface area contributed by atoms with E-state index >= 15 is 0 Å². The van der Waals surface area contributed by atoms with Gasteiger partial charge in [0.05, 0.1) is 0 Å². The van der Waals surface area contributed by atoms with Crippen molar-refractivity contribution in [2.24, 2.45) is 11.8 Å². The first-order valence-electron chi connectivity index (χ1n) is 7.03. The van der Waals surface area contributed by atoms with Crippen molar-refractivity contribution in [2.45, 2.75) is 39.2 Å². The van der Waals surface area contributed by atoms with Gasteiger partial charge < -0.3 is 15.5 Å². The minimum Gasteiger partial charge on any atom is -0.338 e. The van der Waals surface area contributed by atoms with Crippen molar-refractivity contribution in [1.82, 2.24) is 15.5 Å². The molecule has 3 atom stereocenters. The molecule has 4 heteroatoms. The van der Waals surface area contributed by atoms with Gasteiger partial charge >= 0.3 is 6.03 Å². The fourth-order valence-electron chi connectivity index (χ4n) is 3.25. The quantitative estimate of drug-likeness (QED) is 0.729. The van der Waals surface area contributed by atoms with Gasteiger partial charge in [0.15, 0.2) is 0 Å². The van der Waals surface area contributed by atoms with Crippen LogP contribution in [0.4, 0.5) is 4.79 Å². The molecule has 2 aliphatic heterocycles. The Morgan fingerprint density at radius 1 is 1.41 bits per heavy atom. The molecule has 2 heterocycles. The Labute approximate surface area is 104 Å². The fraction of sp³-hybridized carbons (Fsp3) is 0.923. The van der Waals surface area contributed by atoms with Gasteiger partial charge in [-0.05, 0) is 24.7 Å². The highest BCUT2D eigenvalue weighted by molar-refractivity contribution is 5.75. The summed E-state index contributed by atoms with van der Waals surface area (Å²) < 4.78 is 0. The first kappa shape index (κ1) is 12.7. The Hall–Kier alpha value is -0.770. The van der Waals surface area contributed by atoms with E-state index in [2.05, 4.69) is 29.4 Å². The van der Waals surface area contributed by atoms with Gasteiger partial charge in [0.2, 0.25) is 0 Å². The van der Waals surface area contributed by atoms with E-state index in [1.165, 1.54) is 0 Å². The first-order valence-corrected chi connectivity index (χ1v) is 7.03. The van der Waals surface area contributed by atoms with Crippen LogP contribution >= 0.6 is 0 Å². The molecule has 98 valence electrons. The van der Waals surface area contributed by atoms with Gasteiger partial charge in [-0.25, -0.2) is 4.79 Å². The molecule has 17 heavy (non-hydrogen) atoms. The predicted octanol–water partition coefficient (Wildman–Crippen LogP) is 1.43. The Kier molecular flexibility index (Phi) is 4.26. The third kappa shape index (κ3) is 2.57. The number of rotatable bonds is 4. The second kappa shape index (κ2) is 5.71. The van der Waals surface area contributed by atoms with Crippen molar-refractivity contribution in [3.63, 3.8) is 0 Å². The number of hydrogen-bond acceptors (Lipinski definition) is 2. The Balaban J connectivity index is 1.89. The largest absolute Gasteiger partial charge is 0.338 e. The van der Waals surface area contributed by atoms with Crippen LogP contribution in [-0.2, 0) is 0 Å². The topological polar surface area (TPSA) is 44.4 Å². The second-order valence-corrected chi connectivity index (χ2v) is 5.30. The molecule has 2 amide bonds. The summed E-state index contributed by atoms with van der Waals surface area (Å²) in [5, 5.41) is 6.49. The van der Waals surface area contributed by atoms with Crippen LogP contribution in [0, 0.1) is 11.8 Å². The maximum absolute atomic E-state index is 12.1. The maximum atomic E-state index is 12.1. The lowest BCUT2D eigenvalue weighted by Crippen LogP contribution is -2.45. The number of hydrogen-bond donors (Lipinski definition) is 2. The summed E-state index contributed by atoms with van der Waals surface area (Å²) in [4.78, 5) is 14.2. The van der Waals surface area contributed by atoms with Crippen molar-refractivity contribution in [3.8, 4) is 0 Å². The summed E-state index contributed by atoms with van der Waals surface area (Å²) in [6.45, 7) is 8.26. The molecule has 0 bridgehead atoms. The van der Waals surface area contributed by atoms with Gasteiger partial charge in [0.1, 0.15) is 0 Å². The Bertz CT molecular complexity index is 269. The van der Waals surface area contributed by atoms with Crippen LogP contribution in [-0.4, -0.2) is 43.2 Å². The lowest BCUT2D eigenvalue weighted by Gasteiger charge is -2.27. The van der Waals surface area contributed by atoms with Crippen LogP contribution in [0.2, 0.25) is 0 Å². The minimum absolute atomic E-state index is 0.153. The predicted molar refractivity (Wildman–Crippen MR) is 68.9 cm³/mol. The van der Waals surface area contributed by atoms with Gasteiger partial charge in [-0.1, -0.05) is 20.3 Å². The molecule has 3 unspecified atom stereocenters. The highest BCUT2D eigenvalue weighted by atomic mass is 16.2. The van der Waals surface area contributed by atoms with E-state index in [4.69, 9.17) is 0 Å². The van der Waals surface area contributed by atoms with Crippen LogP contribution in [0.25, 0.3) is 0 Å². The van der Waals surface area contributed by atoms with Crippen LogP contribution in [0.1, 0.15) is 33.1 Å². The molecule has 0 aliphatic carbocycles. The van der Waals surface area contributed by atoms with Gasteiger partial charge in [-0.2, -0.15) is 0 Å². The van der Waals surface area contributed by atoms with Crippen molar-refractivity contribution in [2.75, 3.05) is 26.2 Å². The molecule has 0 aromatic rings. The summed E-state index contributed by atoms with van der Waals surface area (Å²) in [6.07, 6.45) is 3.28. The molecule has 0 aromatic carbocycles. The molecule has 0 saturated carbocycles. The molecular formula is C13H25N3O.